The third-order valence-electron chi connectivity index (χ3n) is 6.39. The number of methoxy groups -OCH3 is 2. The molecule has 1 saturated heterocycles. The van der Waals surface area contributed by atoms with E-state index >= 15 is 0 Å². The van der Waals surface area contributed by atoms with Crippen LogP contribution in [0.2, 0.25) is 0 Å². The second-order valence-electron chi connectivity index (χ2n) is 8.63. The van der Waals surface area contributed by atoms with E-state index in [1.54, 1.807) is 26.4 Å². The largest absolute Gasteiger partial charge is 0.493 e. The minimum atomic E-state index is -0.623. The molecule has 6 heteroatoms. The molecule has 0 aliphatic carbocycles. The molecule has 164 valence electrons. The van der Waals surface area contributed by atoms with Gasteiger partial charge in [0.25, 0.3) is 5.91 Å². The van der Waals surface area contributed by atoms with E-state index in [4.69, 9.17) is 14.2 Å². The highest BCUT2D eigenvalue weighted by Crippen LogP contribution is 2.47. The molecular formula is C25H29NO5. The van der Waals surface area contributed by atoms with Gasteiger partial charge >= 0.3 is 0 Å². The summed E-state index contributed by atoms with van der Waals surface area (Å²) in [6.45, 7) is 5.35. The average molecular weight is 424 g/mol. The van der Waals surface area contributed by atoms with Crippen LogP contribution in [0, 0.1) is 0 Å². The van der Waals surface area contributed by atoms with E-state index in [9.17, 15) is 9.59 Å². The quantitative estimate of drug-likeness (QED) is 0.726. The lowest BCUT2D eigenvalue weighted by atomic mass is 9.82. The highest BCUT2D eigenvalue weighted by Gasteiger charge is 2.45. The van der Waals surface area contributed by atoms with E-state index in [0.29, 0.717) is 66.6 Å². The standard InChI is InChI=1S/C25H29NO5/c1-16(2)17-5-7-18(8-6-17)24(28)26-13-11-25(12-14-26)15-20(27)19-9-10-21(29-3)23(30-4)22(19)31-25/h5-10,16H,11-15H2,1-4H3. The fourth-order valence-corrected chi connectivity index (χ4v) is 4.45. The van der Waals surface area contributed by atoms with Gasteiger partial charge in [0.1, 0.15) is 5.60 Å². The first-order chi connectivity index (χ1) is 14.9. The van der Waals surface area contributed by atoms with Crippen LogP contribution in [0.3, 0.4) is 0 Å². The Balaban J connectivity index is 1.50. The molecule has 31 heavy (non-hydrogen) atoms. The van der Waals surface area contributed by atoms with Crippen molar-refractivity contribution in [1.82, 2.24) is 4.90 Å². The van der Waals surface area contributed by atoms with Crippen LogP contribution in [0.5, 0.6) is 17.2 Å². The number of benzene rings is 2. The Hall–Kier alpha value is -3.02. The zero-order valence-electron chi connectivity index (χ0n) is 18.6. The highest BCUT2D eigenvalue weighted by molar-refractivity contribution is 6.01. The number of likely N-dealkylation sites (tertiary alicyclic amines) is 1. The van der Waals surface area contributed by atoms with Gasteiger partial charge in [-0.15, -0.1) is 0 Å². The van der Waals surface area contributed by atoms with Crippen LogP contribution in [-0.2, 0) is 0 Å². The molecule has 0 radical (unpaired) electrons. The van der Waals surface area contributed by atoms with Crippen molar-refractivity contribution in [3.05, 3.63) is 53.1 Å². The Morgan fingerprint density at radius 1 is 1.03 bits per heavy atom. The second kappa shape index (κ2) is 8.25. The van der Waals surface area contributed by atoms with Crippen molar-refractivity contribution in [2.45, 2.75) is 44.6 Å². The summed E-state index contributed by atoms with van der Waals surface area (Å²) in [4.78, 5) is 27.7. The van der Waals surface area contributed by atoms with Crippen molar-refractivity contribution in [2.24, 2.45) is 0 Å². The summed E-state index contributed by atoms with van der Waals surface area (Å²) in [5, 5.41) is 0. The van der Waals surface area contributed by atoms with Crippen LogP contribution >= 0.6 is 0 Å². The molecule has 0 unspecified atom stereocenters. The van der Waals surface area contributed by atoms with Crippen molar-refractivity contribution in [2.75, 3.05) is 27.3 Å². The summed E-state index contributed by atoms with van der Waals surface area (Å²) in [5.41, 5.74) is 1.80. The number of hydrogen-bond acceptors (Lipinski definition) is 5. The number of hydrogen-bond donors (Lipinski definition) is 0. The van der Waals surface area contributed by atoms with Crippen LogP contribution < -0.4 is 14.2 Å². The van der Waals surface area contributed by atoms with Gasteiger partial charge in [0, 0.05) is 31.5 Å². The smallest absolute Gasteiger partial charge is 0.253 e. The van der Waals surface area contributed by atoms with E-state index in [2.05, 4.69) is 13.8 Å². The van der Waals surface area contributed by atoms with E-state index in [1.165, 1.54) is 5.56 Å². The molecule has 1 fully saturated rings. The number of rotatable bonds is 4. The highest BCUT2D eigenvalue weighted by atomic mass is 16.5. The molecule has 2 aromatic rings. The normalized spacial score (nSPS) is 17.3. The van der Waals surface area contributed by atoms with E-state index in [-0.39, 0.29) is 11.7 Å². The molecule has 2 aliphatic rings. The van der Waals surface area contributed by atoms with Crippen LogP contribution in [-0.4, -0.2) is 49.5 Å². The molecule has 0 N–H and O–H groups in total. The van der Waals surface area contributed by atoms with Crippen molar-refractivity contribution in [1.29, 1.82) is 0 Å². The van der Waals surface area contributed by atoms with Gasteiger partial charge in [-0.2, -0.15) is 0 Å². The number of piperidine rings is 1. The minimum Gasteiger partial charge on any atom is -0.493 e. The molecular weight excluding hydrogens is 394 g/mol. The third kappa shape index (κ3) is 3.87. The van der Waals surface area contributed by atoms with Gasteiger partial charge in [0.15, 0.2) is 17.3 Å². The maximum atomic E-state index is 13.0. The summed E-state index contributed by atoms with van der Waals surface area (Å²) >= 11 is 0. The second-order valence-corrected chi connectivity index (χ2v) is 8.63. The number of ketones is 1. The van der Waals surface area contributed by atoms with Crippen LogP contribution in [0.4, 0.5) is 0 Å². The zero-order chi connectivity index (χ0) is 22.2. The van der Waals surface area contributed by atoms with Crippen molar-refractivity contribution < 1.29 is 23.8 Å². The molecule has 0 saturated carbocycles. The average Bonchev–Trinajstić information content (AvgIpc) is 2.78. The lowest BCUT2D eigenvalue weighted by molar-refractivity contribution is -0.00745. The van der Waals surface area contributed by atoms with Crippen molar-refractivity contribution in [3.8, 4) is 17.2 Å². The van der Waals surface area contributed by atoms with Crippen LogP contribution in [0.15, 0.2) is 36.4 Å². The Bertz CT molecular complexity index is 988. The first-order valence-electron chi connectivity index (χ1n) is 10.7. The van der Waals surface area contributed by atoms with Gasteiger partial charge in [-0.3, -0.25) is 9.59 Å². The van der Waals surface area contributed by atoms with Gasteiger partial charge < -0.3 is 19.1 Å². The summed E-state index contributed by atoms with van der Waals surface area (Å²) < 4.78 is 17.3. The topological polar surface area (TPSA) is 65.1 Å². The molecule has 0 aromatic heterocycles. The van der Waals surface area contributed by atoms with Gasteiger partial charge in [-0.25, -0.2) is 0 Å². The number of ether oxygens (including phenoxy) is 3. The van der Waals surface area contributed by atoms with E-state index in [0.717, 1.165) is 0 Å². The molecule has 2 aromatic carbocycles. The summed E-state index contributed by atoms with van der Waals surface area (Å²) in [7, 11) is 3.10. The Morgan fingerprint density at radius 2 is 1.71 bits per heavy atom. The third-order valence-corrected chi connectivity index (χ3v) is 6.39. The number of amides is 1. The van der Waals surface area contributed by atoms with Crippen LogP contribution in [0.1, 0.15) is 65.3 Å². The fraction of sp³-hybridized carbons (Fsp3) is 0.440. The number of nitrogens with zero attached hydrogens (tertiary/aromatic N) is 1. The number of Topliss-reactive ketones (excluding diaryl/α,β-unsaturated/α-hetero) is 1. The summed E-state index contributed by atoms with van der Waals surface area (Å²) in [5.74, 6) is 1.90. The van der Waals surface area contributed by atoms with Gasteiger partial charge in [-0.05, 0) is 35.7 Å². The number of carbonyl (C=O) groups is 2. The number of fused-ring (bicyclic) bond motifs is 1. The summed E-state index contributed by atoms with van der Waals surface area (Å²) in [6, 6.07) is 11.3. The predicted octanol–water partition coefficient (Wildman–Crippen LogP) is 4.47. The maximum Gasteiger partial charge on any atom is 0.253 e. The summed E-state index contributed by atoms with van der Waals surface area (Å²) in [6.07, 6.45) is 1.49. The molecule has 0 bridgehead atoms. The van der Waals surface area contributed by atoms with E-state index in [1.807, 2.05) is 29.2 Å². The molecule has 1 amide bonds. The first-order valence-corrected chi connectivity index (χ1v) is 10.7. The lowest BCUT2D eigenvalue weighted by Gasteiger charge is -2.44. The van der Waals surface area contributed by atoms with Gasteiger partial charge in [0.05, 0.1) is 26.2 Å². The Morgan fingerprint density at radius 3 is 2.29 bits per heavy atom. The fourth-order valence-electron chi connectivity index (χ4n) is 4.45. The van der Waals surface area contributed by atoms with E-state index < -0.39 is 5.60 Å². The molecule has 2 heterocycles. The van der Waals surface area contributed by atoms with Crippen LogP contribution in [0.25, 0.3) is 0 Å². The Kier molecular flexibility index (Phi) is 5.65. The van der Waals surface area contributed by atoms with Gasteiger partial charge in [-0.1, -0.05) is 26.0 Å². The molecule has 6 nitrogen and oxygen atoms in total. The Labute approximate surface area is 183 Å². The lowest BCUT2D eigenvalue weighted by Crippen LogP contribution is -2.52. The number of carbonyl (C=O) groups excluding carboxylic acids is 2. The minimum absolute atomic E-state index is 0.0203. The molecule has 4 rings (SSSR count). The molecule has 1 spiro atoms. The monoisotopic (exact) mass is 423 g/mol. The molecule has 2 aliphatic heterocycles. The first kappa shape index (κ1) is 21.2. The molecule has 0 atom stereocenters. The van der Waals surface area contributed by atoms with Gasteiger partial charge in [0.2, 0.25) is 5.75 Å². The maximum absolute atomic E-state index is 13.0. The zero-order valence-corrected chi connectivity index (χ0v) is 18.6. The van der Waals surface area contributed by atoms with Crippen molar-refractivity contribution in [3.63, 3.8) is 0 Å². The van der Waals surface area contributed by atoms with Crippen molar-refractivity contribution >= 4 is 11.7 Å². The predicted molar refractivity (Wildman–Crippen MR) is 118 cm³/mol. The SMILES string of the molecule is COc1ccc2c(c1OC)OC1(CCN(C(=O)c3ccc(C(C)C)cc3)CC1)CC2=O.